The molecule has 0 unspecified atom stereocenters. The van der Waals surface area contributed by atoms with Crippen molar-refractivity contribution in [1.29, 1.82) is 0 Å². The van der Waals surface area contributed by atoms with Gasteiger partial charge in [-0.1, -0.05) is 18.2 Å². The summed E-state index contributed by atoms with van der Waals surface area (Å²) in [6.07, 6.45) is 0. The maximum Gasteiger partial charge on any atom is 0.268 e. The topological polar surface area (TPSA) is 85.3 Å². The number of amides is 2. The largest absolute Gasteiger partial charge is 0.497 e. The van der Waals surface area contributed by atoms with Gasteiger partial charge in [-0.3, -0.25) is 14.5 Å². The Morgan fingerprint density at radius 2 is 1.60 bits per heavy atom. The summed E-state index contributed by atoms with van der Waals surface area (Å²) in [6.45, 7) is 0.0367. The van der Waals surface area contributed by atoms with E-state index in [0.717, 1.165) is 5.56 Å². The average molecular weight is 429 g/mol. The molecule has 2 aromatic carbocycles. The zero-order valence-corrected chi connectivity index (χ0v) is 17.8. The number of nitrogens with zero attached hydrogens (tertiary/aromatic N) is 1. The molecule has 0 saturated carbocycles. The molecule has 0 bridgehead atoms. The third-order valence-electron chi connectivity index (χ3n) is 4.64. The van der Waals surface area contributed by atoms with Crippen LogP contribution in [0.15, 0.2) is 47.4 Å². The van der Waals surface area contributed by atoms with Crippen LogP contribution in [0, 0.1) is 0 Å². The Labute approximate surface area is 179 Å². The summed E-state index contributed by atoms with van der Waals surface area (Å²) >= 11 is 1.17. The van der Waals surface area contributed by atoms with Crippen molar-refractivity contribution in [3.05, 3.63) is 58.5 Å². The molecule has 1 heterocycles. The van der Waals surface area contributed by atoms with E-state index in [2.05, 4.69) is 0 Å². The summed E-state index contributed by atoms with van der Waals surface area (Å²) in [5.74, 6) is 1.23. The molecule has 2 amide bonds. The zero-order chi connectivity index (χ0) is 21.7. The first-order valence-corrected chi connectivity index (χ1v) is 10.2. The molecule has 7 nitrogen and oxygen atoms in total. The quantitative estimate of drug-likeness (QED) is 0.614. The maximum absolute atomic E-state index is 13.2. The highest BCUT2D eigenvalue weighted by molar-refractivity contribution is 8.04. The number of aliphatic hydroxyl groups excluding tert-OH is 1. The molecule has 1 aliphatic heterocycles. The Hall–Kier alpha value is -2.97. The molecule has 0 saturated heterocycles. The molecule has 8 heteroatoms. The number of hydrogen-bond acceptors (Lipinski definition) is 7. The lowest BCUT2D eigenvalue weighted by atomic mass is 10.1. The van der Waals surface area contributed by atoms with Gasteiger partial charge in [-0.05, 0) is 35.4 Å². The second-order valence-electron chi connectivity index (χ2n) is 6.39. The van der Waals surface area contributed by atoms with Gasteiger partial charge in [-0.2, -0.15) is 0 Å². The number of aliphatic hydroxyl groups is 1. The molecule has 158 valence electrons. The molecule has 0 fully saturated rings. The Bertz CT molecular complexity index is 970. The molecule has 30 heavy (non-hydrogen) atoms. The van der Waals surface area contributed by atoms with E-state index in [0.29, 0.717) is 39.0 Å². The highest BCUT2D eigenvalue weighted by Gasteiger charge is 2.39. The maximum atomic E-state index is 13.2. The van der Waals surface area contributed by atoms with E-state index in [1.807, 2.05) is 12.1 Å². The lowest BCUT2D eigenvalue weighted by molar-refractivity contribution is -0.137. The molecule has 3 rings (SSSR count). The first-order chi connectivity index (χ1) is 14.5. The lowest BCUT2D eigenvalue weighted by Crippen LogP contribution is -2.31. The Kier molecular flexibility index (Phi) is 7.02. The van der Waals surface area contributed by atoms with Crippen LogP contribution in [-0.2, 0) is 16.1 Å². The molecular formula is C22H23NO6S. The zero-order valence-electron chi connectivity index (χ0n) is 17.0. The van der Waals surface area contributed by atoms with Gasteiger partial charge >= 0.3 is 0 Å². The predicted octanol–water partition coefficient (Wildman–Crippen LogP) is 2.72. The minimum absolute atomic E-state index is 0.104. The van der Waals surface area contributed by atoms with Crippen molar-refractivity contribution in [1.82, 2.24) is 4.90 Å². The number of carbonyl (C=O) groups excluding carboxylic acids is 2. The van der Waals surface area contributed by atoms with E-state index in [1.165, 1.54) is 30.9 Å². The molecule has 0 atom stereocenters. The van der Waals surface area contributed by atoms with Crippen molar-refractivity contribution >= 4 is 29.1 Å². The minimum atomic E-state index is -0.386. The lowest BCUT2D eigenvalue weighted by Gasteiger charge is -2.16. The van der Waals surface area contributed by atoms with Gasteiger partial charge in [0.2, 0.25) is 0 Å². The number of benzene rings is 2. The fourth-order valence-corrected chi connectivity index (χ4v) is 4.02. The van der Waals surface area contributed by atoms with Gasteiger partial charge in [-0.25, -0.2) is 0 Å². The van der Waals surface area contributed by atoms with Gasteiger partial charge in [0.1, 0.15) is 5.75 Å². The number of carbonyl (C=O) groups is 2. The molecular weight excluding hydrogens is 406 g/mol. The van der Waals surface area contributed by atoms with Crippen LogP contribution < -0.4 is 14.2 Å². The van der Waals surface area contributed by atoms with Crippen LogP contribution in [0.2, 0.25) is 0 Å². The van der Waals surface area contributed by atoms with Crippen molar-refractivity contribution in [2.45, 2.75) is 6.54 Å². The molecule has 0 spiro atoms. The number of imide groups is 1. The minimum Gasteiger partial charge on any atom is -0.497 e. The van der Waals surface area contributed by atoms with Crippen molar-refractivity contribution in [2.24, 2.45) is 0 Å². The Morgan fingerprint density at radius 1 is 0.900 bits per heavy atom. The van der Waals surface area contributed by atoms with E-state index >= 15 is 0 Å². The molecule has 1 N–H and O–H groups in total. The summed E-state index contributed by atoms with van der Waals surface area (Å²) < 4.78 is 15.8. The summed E-state index contributed by atoms with van der Waals surface area (Å²) in [4.78, 5) is 27.9. The van der Waals surface area contributed by atoms with Crippen molar-refractivity contribution < 1.29 is 28.9 Å². The van der Waals surface area contributed by atoms with Crippen LogP contribution in [0.4, 0.5) is 0 Å². The normalized spacial score (nSPS) is 13.8. The summed E-state index contributed by atoms with van der Waals surface area (Å²) in [5.41, 5.74) is 1.66. The number of ether oxygens (including phenoxy) is 3. The second-order valence-corrected chi connectivity index (χ2v) is 7.50. The third-order valence-corrected chi connectivity index (χ3v) is 5.69. The van der Waals surface area contributed by atoms with Crippen LogP contribution in [0.25, 0.3) is 5.57 Å². The van der Waals surface area contributed by atoms with E-state index in [4.69, 9.17) is 14.2 Å². The van der Waals surface area contributed by atoms with E-state index in [1.54, 1.807) is 37.4 Å². The number of thioether (sulfide) groups is 1. The first kappa shape index (κ1) is 21.7. The fraction of sp³-hybridized carbons (Fsp3) is 0.273. The Balaban J connectivity index is 1.97. The summed E-state index contributed by atoms with van der Waals surface area (Å²) in [6, 6.07) is 12.3. The fourth-order valence-electron chi connectivity index (χ4n) is 3.14. The highest BCUT2D eigenvalue weighted by Crippen LogP contribution is 2.39. The smallest absolute Gasteiger partial charge is 0.268 e. The van der Waals surface area contributed by atoms with Crippen LogP contribution in [-0.4, -0.2) is 55.5 Å². The Morgan fingerprint density at radius 3 is 2.20 bits per heavy atom. The van der Waals surface area contributed by atoms with Crippen molar-refractivity contribution in [3.8, 4) is 17.2 Å². The number of hydrogen-bond donors (Lipinski definition) is 1. The molecule has 2 aromatic rings. The van der Waals surface area contributed by atoms with E-state index in [9.17, 15) is 14.7 Å². The SMILES string of the molecule is COc1ccc(CN2C(=O)C(SCCO)=C(c3ccc(OC)c(OC)c3)C2=O)cc1. The molecule has 1 aliphatic rings. The molecule has 0 aromatic heterocycles. The summed E-state index contributed by atoms with van der Waals surface area (Å²) in [5, 5.41) is 9.23. The molecule has 0 radical (unpaired) electrons. The second kappa shape index (κ2) is 9.69. The third kappa shape index (κ3) is 4.29. The monoisotopic (exact) mass is 429 g/mol. The van der Waals surface area contributed by atoms with Gasteiger partial charge in [0, 0.05) is 5.75 Å². The van der Waals surface area contributed by atoms with E-state index < -0.39 is 0 Å². The van der Waals surface area contributed by atoms with Gasteiger partial charge in [0.15, 0.2) is 11.5 Å². The highest BCUT2D eigenvalue weighted by atomic mass is 32.2. The van der Waals surface area contributed by atoms with Gasteiger partial charge < -0.3 is 19.3 Å². The van der Waals surface area contributed by atoms with Gasteiger partial charge in [0.05, 0.1) is 45.0 Å². The van der Waals surface area contributed by atoms with Gasteiger partial charge in [0.25, 0.3) is 11.8 Å². The summed E-state index contributed by atoms with van der Waals surface area (Å²) in [7, 11) is 4.61. The van der Waals surface area contributed by atoms with Crippen molar-refractivity contribution in [2.75, 3.05) is 33.7 Å². The van der Waals surface area contributed by atoms with Crippen LogP contribution >= 0.6 is 11.8 Å². The number of methoxy groups -OCH3 is 3. The van der Waals surface area contributed by atoms with E-state index in [-0.39, 0.29) is 25.0 Å². The first-order valence-electron chi connectivity index (χ1n) is 9.23. The predicted molar refractivity (Wildman–Crippen MR) is 115 cm³/mol. The average Bonchev–Trinajstić information content (AvgIpc) is 3.01. The number of rotatable bonds is 9. The van der Waals surface area contributed by atoms with Crippen LogP contribution in [0.5, 0.6) is 17.2 Å². The van der Waals surface area contributed by atoms with Crippen molar-refractivity contribution in [3.63, 3.8) is 0 Å². The van der Waals surface area contributed by atoms with Crippen LogP contribution in [0.1, 0.15) is 11.1 Å². The van der Waals surface area contributed by atoms with Crippen LogP contribution in [0.3, 0.4) is 0 Å². The standard InChI is InChI=1S/C22H23NO6S/c1-27-16-7-4-14(5-8-16)13-23-21(25)19(20(22(23)26)30-11-10-24)15-6-9-17(28-2)18(12-15)29-3/h4-9,12,24H,10-11,13H2,1-3H3. The van der Waals surface area contributed by atoms with Gasteiger partial charge in [-0.15, -0.1) is 11.8 Å². The molecule has 0 aliphatic carbocycles.